The third-order valence-corrected chi connectivity index (χ3v) is 4.14. The van der Waals surface area contributed by atoms with Gasteiger partial charge < -0.3 is 4.57 Å². The third kappa shape index (κ3) is 3.10. The van der Waals surface area contributed by atoms with Gasteiger partial charge in [-0.2, -0.15) is 0 Å². The number of benzene rings is 1. The van der Waals surface area contributed by atoms with Crippen LogP contribution in [-0.4, -0.2) is 14.8 Å². The minimum atomic E-state index is 0.919. The summed E-state index contributed by atoms with van der Waals surface area (Å²) in [5.74, 6) is 1.95. The fourth-order valence-electron chi connectivity index (χ4n) is 1.51. The number of aryl methyl sites for hydroxylation is 1. The smallest absolute Gasteiger partial charge is 0.191 e. The Bertz CT molecular complexity index is 493. The topological polar surface area (TPSA) is 30.7 Å². The summed E-state index contributed by atoms with van der Waals surface area (Å²) in [7, 11) is 2.02. The second-order valence-electron chi connectivity index (χ2n) is 3.73. The monoisotopic (exact) mass is 311 g/mol. The van der Waals surface area contributed by atoms with Gasteiger partial charge in [-0.3, -0.25) is 0 Å². The van der Waals surface area contributed by atoms with E-state index in [9.17, 15) is 0 Å². The molecule has 1 heterocycles. The number of hydrogen-bond acceptors (Lipinski definition) is 3. The molecule has 0 unspecified atom stereocenters. The van der Waals surface area contributed by atoms with Crippen molar-refractivity contribution in [1.29, 1.82) is 0 Å². The van der Waals surface area contributed by atoms with E-state index in [2.05, 4.69) is 61.9 Å². The molecule has 0 spiro atoms. The highest BCUT2D eigenvalue weighted by Crippen LogP contribution is 2.22. The number of hydrogen-bond donors (Lipinski definition) is 0. The molecule has 0 amide bonds. The Labute approximate surface area is 114 Å². The molecule has 0 fully saturated rings. The molecule has 2 rings (SSSR count). The fraction of sp³-hybridized carbons (Fsp3) is 0.333. The van der Waals surface area contributed by atoms with Gasteiger partial charge in [-0.15, -0.1) is 10.2 Å². The van der Waals surface area contributed by atoms with Crippen LogP contribution < -0.4 is 0 Å². The lowest BCUT2D eigenvalue weighted by Crippen LogP contribution is -1.97. The zero-order valence-corrected chi connectivity index (χ0v) is 12.3. The molecule has 0 aliphatic rings. The molecule has 17 heavy (non-hydrogen) atoms. The highest BCUT2D eigenvalue weighted by molar-refractivity contribution is 9.10. The first-order chi connectivity index (χ1) is 8.20. The van der Waals surface area contributed by atoms with Gasteiger partial charge in [0.15, 0.2) is 5.16 Å². The van der Waals surface area contributed by atoms with Gasteiger partial charge >= 0.3 is 0 Å². The molecule has 0 atom stereocenters. The Morgan fingerprint density at radius 1 is 1.24 bits per heavy atom. The van der Waals surface area contributed by atoms with Crippen LogP contribution in [-0.2, 0) is 19.2 Å². The number of halogens is 1. The number of nitrogens with zero attached hydrogens (tertiary/aromatic N) is 3. The average molecular weight is 312 g/mol. The third-order valence-electron chi connectivity index (χ3n) is 2.52. The van der Waals surface area contributed by atoms with Crippen LogP contribution in [0.1, 0.15) is 18.3 Å². The quantitative estimate of drug-likeness (QED) is 0.810. The SMILES string of the molecule is CCc1nnc(SCc2ccc(Br)cc2)n1C. The maximum atomic E-state index is 4.19. The molecule has 0 saturated heterocycles. The van der Waals surface area contributed by atoms with E-state index >= 15 is 0 Å². The van der Waals surface area contributed by atoms with Crippen molar-refractivity contribution in [2.75, 3.05) is 0 Å². The van der Waals surface area contributed by atoms with Gasteiger partial charge in [0.05, 0.1) is 0 Å². The summed E-state index contributed by atoms with van der Waals surface area (Å²) in [6.07, 6.45) is 0.919. The molecule has 0 saturated carbocycles. The van der Waals surface area contributed by atoms with Crippen molar-refractivity contribution in [1.82, 2.24) is 14.8 Å². The van der Waals surface area contributed by atoms with E-state index < -0.39 is 0 Å². The molecule has 0 radical (unpaired) electrons. The molecule has 3 nitrogen and oxygen atoms in total. The lowest BCUT2D eigenvalue weighted by molar-refractivity contribution is 0.741. The fourth-order valence-corrected chi connectivity index (χ4v) is 2.66. The summed E-state index contributed by atoms with van der Waals surface area (Å²) >= 11 is 5.15. The van der Waals surface area contributed by atoms with Crippen LogP contribution in [0.5, 0.6) is 0 Å². The van der Waals surface area contributed by atoms with Gasteiger partial charge in [-0.05, 0) is 17.7 Å². The Hall–Kier alpha value is -0.810. The number of aromatic nitrogens is 3. The predicted octanol–water partition coefficient (Wildman–Crippen LogP) is 3.43. The van der Waals surface area contributed by atoms with E-state index in [1.165, 1.54) is 5.56 Å². The zero-order chi connectivity index (χ0) is 12.3. The van der Waals surface area contributed by atoms with E-state index in [1.54, 1.807) is 11.8 Å². The normalized spacial score (nSPS) is 10.8. The minimum absolute atomic E-state index is 0.919. The van der Waals surface area contributed by atoms with Crippen LogP contribution in [0, 0.1) is 0 Å². The van der Waals surface area contributed by atoms with E-state index in [1.807, 2.05) is 7.05 Å². The van der Waals surface area contributed by atoms with E-state index in [0.717, 1.165) is 27.6 Å². The molecule has 1 aromatic carbocycles. The summed E-state index contributed by atoms with van der Waals surface area (Å²) in [5, 5.41) is 9.31. The summed E-state index contributed by atoms with van der Waals surface area (Å²) in [5.41, 5.74) is 1.29. The standard InChI is InChI=1S/C12H14BrN3S/c1-3-11-14-15-12(16(11)2)17-8-9-4-6-10(13)7-5-9/h4-7H,3,8H2,1-2H3. The van der Waals surface area contributed by atoms with E-state index in [4.69, 9.17) is 0 Å². The van der Waals surface area contributed by atoms with Gasteiger partial charge in [0.2, 0.25) is 0 Å². The maximum absolute atomic E-state index is 4.19. The lowest BCUT2D eigenvalue weighted by atomic mass is 10.2. The Morgan fingerprint density at radius 2 is 1.94 bits per heavy atom. The van der Waals surface area contributed by atoms with Crippen LogP contribution in [0.2, 0.25) is 0 Å². The maximum Gasteiger partial charge on any atom is 0.191 e. The molecule has 0 N–H and O–H groups in total. The van der Waals surface area contributed by atoms with Gasteiger partial charge in [0.1, 0.15) is 5.82 Å². The summed E-state index contributed by atoms with van der Waals surface area (Å²) < 4.78 is 3.17. The largest absolute Gasteiger partial charge is 0.309 e. The molecule has 1 aromatic heterocycles. The molecule has 0 bridgehead atoms. The highest BCUT2D eigenvalue weighted by atomic mass is 79.9. The van der Waals surface area contributed by atoms with Crippen LogP contribution in [0.25, 0.3) is 0 Å². The first-order valence-corrected chi connectivity index (χ1v) is 7.24. The Kier molecular flexibility index (Phi) is 4.23. The van der Waals surface area contributed by atoms with Crippen LogP contribution in [0.3, 0.4) is 0 Å². The van der Waals surface area contributed by atoms with Gasteiger partial charge in [0.25, 0.3) is 0 Å². The van der Waals surface area contributed by atoms with Crippen molar-refractivity contribution in [2.45, 2.75) is 24.3 Å². The molecule has 5 heteroatoms. The Balaban J connectivity index is 2.02. The van der Waals surface area contributed by atoms with Crippen molar-refractivity contribution in [3.8, 4) is 0 Å². The predicted molar refractivity (Wildman–Crippen MR) is 74.1 cm³/mol. The lowest BCUT2D eigenvalue weighted by Gasteiger charge is -2.02. The first kappa shape index (κ1) is 12.6. The first-order valence-electron chi connectivity index (χ1n) is 5.46. The molecular formula is C12H14BrN3S. The molecule has 0 aliphatic carbocycles. The Morgan fingerprint density at radius 3 is 2.53 bits per heavy atom. The molecular weight excluding hydrogens is 298 g/mol. The minimum Gasteiger partial charge on any atom is -0.309 e. The number of rotatable bonds is 4. The van der Waals surface area contributed by atoms with Crippen molar-refractivity contribution < 1.29 is 0 Å². The summed E-state index contributed by atoms with van der Waals surface area (Å²) in [6, 6.07) is 8.36. The van der Waals surface area contributed by atoms with E-state index in [0.29, 0.717) is 0 Å². The van der Waals surface area contributed by atoms with Gasteiger partial charge in [-0.1, -0.05) is 46.7 Å². The number of thioether (sulfide) groups is 1. The summed E-state index contributed by atoms with van der Waals surface area (Å²) in [6.45, 7) is 2.09. The molecule has 0 aliphatic heterocycles. The van der Waals surface area contributed by atoms with Gasteiger partial charge in [-0.25, -0.2) is 0 Å². The average Bonchev–Trinajstić information content (AvgIpc) is 2.69. The van der Waals surface area contributed by atoms with Crippen molar-refractivity contribution in [3.05, 3.63) is 40.1 Å². The van der Waals surface area contributed by atoms with Crippen LogP contribution in [0.15, 0.2) is 33.9 Å². The second kappa shape index (κ2) is 5.69. The van der Waals surface area contributed by atoms with Crippen molar-refractivity contribution in [2.24, 2.45) is 7.05 Å². The molecule has 90 valence electrons. The van der Waals surface area contributed by atoms with Crippen LogP contribution in [0.4, 0.5) is 0 Å². The summed E-state index contributed by atoms with van der Waals surface area (Å²) in [4.78, 5) is 0. The van der Waals surface area contributed by atoms with E-state index in [-0.39, 0.29) is 0 Å². The second-order valence-corrected chi connectivity index (χ2v) is 5.58. The van der Waals surface area contributed by atoms with Crippen molar-refractivity contribution in [3.63, 3.8) is 0 Å². The zero-order valence-electron chi connectivity index (χ0n) is 9.85. The van der Waals surface area contributed by atoms with Crippen LogP contribution >= 0.6 is 27.7 Å². The highest BCUT2D eigenvalue weighted by Gasteiger charge is 2.07. The molecule has 2 aromatic rings. The van der Waals surface area contributed by atoms with Crippen molar-refractivity contribution >= 4 is 27.7 Å². The van der Waals surface area contributed by atoms with Gasteiger partial charge in [0, 0.05) is 23.7 Å².